The molecule has 1 heterocycles. The van der Waals surface area contributed by atoms with Gasteiger partial charge in [0, 0.05) is 18.1 Å². The molecule has 124 valence electrons. The van der Waals surface area contributed by atoms with Crippen LogP contribution in [0.5, 0.6) is 0 Å². The van der Waals surface area contributed by atoms with Crippen LogP contribution in [0.3, 0.4) is 0 Å². The highest BCUT2D eigenvalue weighted by Crippen LogP contribution is 2.19. The molecule has 0 atom stereocenters. The van der Waals surface area contributed by atoms with Crippen molar-refractivity contribution in [1.29, 1.82) is 0 Å². The molecule has 1 aromatic heterocycles. The monoisotopic (exact) mass is 340 g/mol. The number of nitrogens with zero attached hydrogens (tertiary/aromatic N) is 2. The summed E-state index contributed by atoms with van der Waals surface area (Å²) in [6.45, 7) is 2.67. The second kappa shape index (κ2) is 7.54. The van der Waals surface area contributed by atoms with E-state index in [4.69, 9.17) is 11.6 Å². The van der Waals surface area contributed by atoms with Gasteiger partial charge in [-0.05, 0) is 43.5 Å². The fourth-order valence-corrected chi connectivity index (χ4v) is 3.17. The van der Waals surface area contributed by atoms with Gasteiger partial charge in [0.15, 0.2) is 0 Å². The van der Waals surface area contributed by atoms with E-state index in [2.05, 4.69) is 0 Å². The predicted octanol–water partition coefficient (Wildman–Crippen LogP) is 4.84. The largest absolute Gasteiger partial charge is 0.333 e. The van der Waals surface area contributed by atoms with Gasteiger partial charge in [0.2, 0.25) is 0 Å². The van der Waals surface area contributed by atoms with Crippen LogP contribution in [0, 0.1) is 0 Å². The highest BCUT2D eigenvalue weighted by atomic mass is 35.5. The van der Waals surface area contributed by atoms with Crippen molar-refractivity contribution in [3.63, 3.8) is 0 Å². The molecule has 0 N–H and O–H groups in total. The van der Waals surface area contributed by atoms with Gasteiger partial charge in [-0.3, -0.25) is 9.13 Å². The highest BCUT2D eigenvalue weighted by Gasteiger charge is 2.13. The zero-order chi connectivity index (χ0) is 16.9. The number of unbranched alkanes of at least 4 members (excludes halogenated alkanes) is 1. The number of para-hydroxylation sites is 2. The van der Waals surface area contributed by atoms with E-state index in [9.17, 15) is 4.79 Å². The molecule has 0 fully saturated rings. The third-order valence-corrected chi connectivity index (χ3v) is 4.40. The Morgan fingerprint density at radius 1 is 1.00 bits per heavy atom. The number of aromatic nitrogens is 2. The first-order valence-electron chi connectivity index (χ1n) is 8.22. The summed E-state index contributed by atoms with van der Waals surface area (Å²) in [7, 11) is 0. The lowest BCUT2D eigenvalue weighted by atomic mass is 10.2. The van der Waals surface area contributed by atoms with Crippen molar-refractivity contribution in [2.45, 2.75) is 26.3 Å². The van der Waals surface area contributed by atoms with Crippen LogP contribution in [0.1, 0.15) is 25.3 Å². The van der Waals surface area contributed by atoms with Gasteiger partial charge < -0.3 is 0 Å². The summed E-state index contributed by atoms with van der Waals surface area (Å²) in [4.78, 5) is 13.0. The molecule has 0 amide bonds. The van der Waals surface area contributed by atoms with Crippen LogP contribution in [0.2, 0.25) is 0 Å². The van der Waals surface area contributed by atoms with Crippen molar-refractivity contribution >= 4 is 34.4 Å². The second-order valence-electron chi connectivity index (χ2n) is 5.85. The maximum atomic E-state index is 13.0. The second-order valence-corrected chi connectivity index (χ2v) is 6.23. The van der Waals surface area contributed by atoms with Crippen molar-refractivity contribution in [2.75, 3.05) is 5.88 Å². The minimum absolute atomic E-state index is 0.00968. The Kier molecular flexibility index (Phi) is 5.21. The molecule has 4 heteroatoms. The van der Waals surface area contributed by atoms with E-state index < -0.39 is 0 Å². The summed E-state index contributed by atoms with van der Waals surface area (Å²) < 4.78 is 3.65. The summed E-state index contributed by atoms with van der Waals surface area (Å²) in [5, 5.41) is 0. The van der Waals surface area contributed by atoms with Crippen LogP contribution < -0.4 is 5.69 Å². The fourth-order valence-electron chi connectivity index (χ4n) is 2.98. The van der Waals surface area contributed by atoms with Crippen molar-refractivity contribution in [3.8, 4) is 0 Å². The standard InChI is InChI=1S/C20H21ClN2O/c1-16(15-17-9-3-2-4-10-17)23-19-12-6-5-11-18(19)22(20(23)24)14-8-7-13-21/h2-6,9-12,15H,7-8,13-14H2,1H3. The van der Waals surface area contributed by atoms with Crippen LogP contribution in [0.15, 0.2) is 59.4 Å². The number of halogens is 1. The van der Waals surface area contributed by atoms with E-state index in [1.54, 1.807) is 4.57 Å². The van der Waals surface area contributed by atoms with Gasteiger partial charge in [0.25, 0.3) is 0 Å². The molecule has 2 aromatic carbocycles. The first kappa shape index (κ1) is 16.6. The lowest BCUT2D eigenvalue weighted by Gasteiger charge is -2.04. The molecule has 3 nitrogen and oxygen atoms in total. The maximum Gasteiger partial charge on any atom is 0.333 e. The van der Waals surface area contributed by atoms with E-state index in [-0.39, 0.29) is 5.69 Å². The zero-order valence-corrected chi connectivity index (χ0v) is 14.5. The minimum atomic E-state index is 0.00968. The summed E-state index contributed by atoms with van der Waals surface area (Å²) in [6.07, 6.45) is 3.85. The smallest absolute Gasteiger partial charge is 0.292 e. The third kappa shape index (κ3) is 3.31. The first-order valence-corrected chi connectivity index (χ1v) is 8.76. The fraction of sp³-hybridized carbons (Fsp3) is 0.250. The van der Waals surface area contributed by atoms with E-state index in [1.807, 2.05) is 72.2 Å². The first-order chi connectivity index (χ1) is 11.7. The van der Waals surface area contributed by atoms with Crippen LogP contribution in [0.25, 0.3) is 22.8 Å². The topological polar surface area (TPSA) is 26.9 Å². The molecular weight excluding hydrogens is 320 g/mol. The molecule has 0 aliphatic heterocycles. The number of rotatable bonds is 6. The number of alkyl halides is 1. The Morgan fingerprint density at radius 3 is 2.38 bits per heavy atom. The average molecular weight is 341 g/mol. The predicted molar refractivity (Wildman–Crippen MR) is 102 cm³/mol. The van der Waals surface area contributed by atoms with Crippen LogP contribution in [-0.4, -0.2) is 15.0 Å². The van der Waals surface area contributed by atoms with E-state index in [1.165, 1.54) is 0 Å². The number of aryl methyl sites for hydroxylation is 1. The number of allylic oxidation sites excluding steroid dienone is 1. The summed E-state index contributed by atoms with van der Waals surface area (Å²) >= 11 is 5.77. The molecule has 24 heavy (non-hydrogen) atoms. The van der Waals surface area contributed by atoms with E-state index >= 15 is 0 Å². The van der Waals surface area contributed by atoms with E-state index in [0.29, 0.717) is 12.4 Å². The van der Waals surface area contributed by atoms with Crippen molar-refractivity contribution in [2.24, 2.45) is 0 Å². The lowest BCUT2D eigenvalue weighted by Crippen LogP contribution is -2.23. The third-order valence-electron chi connectivity index (χ3n) is 4.13. The minimum Gasteiger partial charge on any atom is -0.292 e. The molecule has 0 bridgehead atoms. The molecule has 3 rings (SSSR count). The molecule has 0 saturated heterocycles. The van der Waals surface area contributed by atoms with E-state index in [0.717, 1.165) is 35.1 Å². The van der Waals surface area contributed by atoms with Crippen LogP contribution >= 0.6 is 11.6 Å². The molecule has 0 saturated carbocycles. The van der Waals surface area contributed by atoms with Crippen LogP contribution in [0.4, 0.5) is 0 Å². The summed E-state index contributed by atoms with van der Waals surface area (Å²) in [5.41, 5.74) is 3.92. The number of hydrogen-bond acceptors (Lipinski definition) is 1. The van der Waals surface area contributed by atoms with Crippen LogP contribution in [-0.2, 0) is 6.54 Å². The van der Waals surface area contributed by atoms with Gasteiger partial charge in [-0.15, -0.1) is 11.6 Å². The molecule has 0 unspecified atom stereocenters. The Bertz CT molecular complexity index is 906. The molecule has 0 aliphatic rings. The zero-order valence-electron chi connectivity index (χ0n) is 13.8. The highest BCUT2D eigenvalue weighted by molar-refractivity contribution is 6.17. The van der Waals surface area contributed by atoms with Gasteiger partial charge >= 0.3 is 5.69 Å². The van der Waals surface area contributed by atoms with Gasteiger partial charge in [-0.2, -0.15) is 0 Å². The number of fused-ring (bicyclic) bond motifs is 1. The average Bonchev–Trinajstić information content (AvgIpc) is 2.88. The molecule has 0 spiro atoms. The Morgan fingerprint density at radius 2 is 1.67 bits per heavy atom. The SMILES string of the molecule is CC(=Cc1ccccc1)n1c(=O)n(CCCCCl)c2ccccc21. The van der Waals surface area contributed by atoms with Crippen molar-refractivity contribution in [3.05, 3.63) is 70.6 Å². The van der Waals surface area contributed by atoms with Gasteiger partial charge in [0.05, 0.1) is 11.0 Å². The number of benzene rings is 2. The molecule has 3 aromatic rings. The van der Waals surface area contributed by atoms with Gasteiger partial charge in [0.1, 0.15) is 0 Å². The van der Waals surface area contributed by atoms with Crippen molar-refractivity contribution < 1.29 is 0 Å². The van der Waals surface area contributed by atoms with Crippen molar-refractivity contribution in [1.82, 2.24) is 9.13 Å². The Labute approximate surface area is 146 Å². The summed E-state index contributed by atoms with van der Waals surface area (Å²) in [6, 6.07) is 18.0. The summed E-state index contributed by atoms with van der Waals surface area (Å²) in [5.74, 6) is 0.625. The maximum absolute atomic E-state index is 13.0. The van der Waals surface area contributed by atoms with Gasteiger partial charge in [-0.25, -0.2) is 4.79 Å². The molecule has 0 aliphatic carbocycles. The quantitative estimate of drug-likeness (QED) is 0.466. The molecular formula is C20H21ClN2O. The normalized spacial score (nSPS) is 12.0. The lowest BCUT2D eigenvalue weighted by molar-refractivity contribution is 0.625. The Hall–Kier alpha value is -2.26. The number of hydrogen-bond donors (Lipinski definition) is 0. The number of imidazole rings is 1. The van der Waals surface area contributed by atoms with Gasteiger partial charge in [-0.1, -0.05) is 42.5 Å². The molecule has 0 radical (unpaired) electrons. The Balaban J connectivity index is 2.09.